The van der Waals surface area contributed by atoms with Crippen molar-refractivity contribution in [3.63, 3.8) is 0 Å². The fourth-order valence-electron chi connectivity index (χ4n) is 6.95. The van der Waals surface area contributed by atoms with E-state index in [0.717, 1.165) is 18.4 Å². The average molecular weight is 711 g/mol. The Bertz CT molecular complexity index is 1690. The summed E-state index contributed by atoms with van der Waals surface area (Å²) < 4.78 is 57.6. The molecule has 6 rings (SSSR count). The van der Waals surface area contributed by atoms with Gasteiger partial charge in [-0.3, -0.25) is 4.90 Å². The van der Waals surface area contributed by atoms with Gasteiger partial charge >= 0.3 is 6.09 Å². The Kier molecular flexibility index (Phi) is 11.5. The molecule has 3 aromatic carbocycles. The van der Waals surface area contributed by atoms with Crippen molar-refractivity contribution >= 4 is 16.1 Å². The minimum atomic E-state index is -4.12. The predicted molar refractivity (Wildman–Crippen MR) is 184 cm³/mol. The Labute approximate surface area is 293 Å². The molecule has 3 aromatic rings. The van der Waals surface area contributed by atoms with Gasteiger partial charge in [-0.15, -0.1) is 0 Å². The van der Waals surface area contributed by atoms with Crippen LogP contribution in [0.2, 0.25) is 0 Å². The van der Waals surface area contributed by atoms with Gasteiger partial charge in [0.2, 0.25) is 16.8 Å². The van der Waals surface area contributed by atoms with E-state index in [4.69, 9.17) is 23.7 Å². The summed E-state index contributed by atoms with van der Waals surface area (Å²) in [6.07, 6.45) is -0.607. The number of carbonyl (C=O) groups is 1. The van der Waals surface area contributed by atoms with Gasteiger partial charge in [0.15, 0.2) is 17.8 Å². The second-order valence-corrected chi connectivity index (χ2v) is 15.4. The van der Waals surface area contributed by atoms with Gasteiger partial charge in [-0.05, 0) is 67.0 Å². The first-order valence-corrected chi connectivity index (χ1v) is 18.6. The number of aliphatic hydroxyl groups excluding tert-OH is 1. The van der Waals surface area contributed by atoms with Crippen LogP contribution in [0, 0.1) is 11.8 Å². The van der Waals surface area contributed by atoms with E-state index in [-0.39, 0.29) is 49.6 Å². The van der Waals surface area contributed by atoms with E-state index < -0.39 is 40.6 Å². The molecule has 12 nitrogen and oxygen atoms in total. The maximum Gasteiger partial charge on any atom is 0.407 e. The zero-order chi connectivity index (χ0) is 35.3. The average Bonchev–Trinajstić information content (AvgIpc) is 3.85. The van der Waals surface area contributed by atoms with E-state index in [2.05, 4.69) is 12.1 Å². The number of hydrogen-bond acceptors (Lipinski definition) is 9. The molecule has 0 aliphatic carbocycles. The first-order valence-electron chi connectivity index (χ1n) is 17.2. The molecule has 0 spiro atoms. The summed E-state index contributed by atoms with van der Waals surface area (Å²) >= 11 is 0. The molecule has 0 saturated carbocycles. The van der Waals surface area contributed by atoms with E-state index in [9.17, 15) is 23.4 Å². The van der Waals surface area contributed by atoms with E-state index in [1.807, 2.05) is 56.3 Å². The van der Waals surface area contributed by atoms with E-state index in [1.54, 1.807) is 6.07 Å². The van der Waals surface area contributed by atoms with Gasteiger partial charge in [0.25, 0.3) is 0 Å². The molecule has 270 valence electrons. The number of nitrogens with zero attached hydrogens (tertiary/aromatic N) is 2. The van der Waals surface area contributed by atoms with Crippen LogP contribution in [0.15, 0.2) is 77.7 Å². The summed E-state index contributed by atoms with van der Waals surface area (Å²) in [6, 6.07) is 20.4. The van der Waals surface area contributed by atoms with E-state index >= 15 is 0 Å². The van der Waals surface area contributed by atoms with Crippen molar-refractivity contribution < 1.29 is 47.1 Å². The van der Waals surface area contributed by atoms with Crippen LogP contribution in [0.5, 0.6) is 17.2 Å². The molecule has 3 aliphatic heterocycles. The van der Waals surface area contributed by atoms with E-state index in [1.165, 1.54) is 26.9 Å². The SMILES string of the molecule is CC(C)CN(C[C@@H](O)[C@H](Cc1ccc(OCCCc2ccccc2)cc1)N(C(=O)O)[C@H]1CO[C@H]2OCC[C@H]21)S(=O)(=O)c1ccc2c(c1)OCO2. The van der Waals surface area contributed by atoms with Crippen LogP contribution in [0.4, 0.5) is 4.79 Å². The number of benzene rings is 3. The fourth-order valence-corrected chi connectivity index (χ4v) is 8.58. The first kappa shape index (κ1) is 35.9. The molecule has 0 aromatic heterocycles. The van der Waals surface area contributed by atoms with E-state index in [0.29, 0.717) is 36.9 Å². The highest BCUT2D eigenvalue weighted by Gasteiger charge is 2.49. The molecule has 2 saturated heterocycles. The third kappa shape index (κ3) is 8.35. The Hall–Kier alpha value is -3.88. The zero-order valence-electron chi connectivity index (χ0n) is 28.4. The summed E-state index contributed by atoms with van der Waals surface area (Å²) in [5.74, 6) is 1.18. The van der Waals surface area contributed by atoms with Gasteiger partial charge in [0.1, 0.15) is 5.75 Å². The van der Waals surface area contributed by atoms with Crippen LogP contribution in [-0.2, 0) is 32.3 Å². The van der Waals surface area contributed by atoms with Gasteiger partial charge < -0.3 is 33.9 Å². The molecule has 0 unspecified atom stereocenters. The molecule has 5 atom stereocenters. The van der Waals surface area contributed by atoms with Crippen molar-refractivity contribution in [2.24, 2.45) is 11.8 Å². The van der Waals surface area contributed by atoms with Crippen LogP contribution in [0.25, 0.3) is 0 Å². The number of rotatable bonds is 16. The maximum atomic E-state index is 14.1. The maximum absolute atomic E-state index is 14.1. The number of aliphatic hydroxyl groups is 1. The number of sulfonamides is 1. The van der Waals surface area contributed by atoms with Crippen LogP contribution in [-0.4, -0.2) is 98.1 Å². The number of aryl methyl sites for hydroxylation is 1. The van der Waals surface area contributed by atoms with Crippen LogP contribution in [0.1, 0.15) is 37.8 Å². The molecule has 13 heteroatoms. The van der Waals surface area contributed by atoms with Crippen LogP contribution >= 0.6 is 0 Å². The highest BCUT2D eigenvalue weighted by molar-refractivity contribution is 7.89. The van der Waals surface area contributed by atoms with Crippen molar-refractivity contribution in [3.05, 3.63) is 83.9 Å². The zero-order valence-corrected chi connectivity index (χ0v) is 29.2. The second kappa shape index (κ2) is 16.0. The van der Waals surface area contributed by atoms with Gasteiger partial charge in [0, 0.05) is 25.1 Å². The van der Waals surface area contributed by atoms with Crippen molar-refractivity contribution in [1.29, 1.82) is 0 Å². The van der Waals surface area contributed by atoms with Gasteiger partial charge in [-0.25, -0.2) is 13.2 Å². The topological polar surface area (TPSA) is 144 Å². The molecule has 2 fully saturated rings. The number of amides is 1. The molecule has 0 radical (unpaired) electrons. The molecular formula is C37H46N2O10S. The fraction of sp³-hybridized carbons (Fsp3) is 0.486. The number of carboxylic acid groups (broad SMARTS) is 1. The van der Waals surface area contributed by atoms with Crippen molar-refractivity contribution in [2.45, 2.75) is 68.9 Å². The molecule has 1 amide bonds. The monoisotopic (exact) mass is 710 g/mol. The minimum Gasteiger partial charge on any atom is -0.494 e. The Morgan fingerprint density at radius 1 is 0.960 bits per heavy atom. The molecular weight excluding hydrogens is 664 g/mol. The number of ether oxygens (including phenoxy) is 5. The van der Waals surface area contributed by atoms with Crippen LogP contribution < -0.4 is 14.2 Å². The lowest BCUT2D eigenvalue weighted by atomic mass is 9.93. The summed E-state index contributed by atoms with van der Waals surface area (Å²) in [5.41, 5.74) is 2.02. The molecule has 3 aliphatic rings. The van der Waals surface area contributed by atoms with Crippen LogP contribution in [0.3, 0.4) is 0 Å². The molecule has 2 N–H and O–H groups in total. The highest BCUT2D eigenvalue weighted by Crippen LogP contribution is 2.37. The first-order chi connectivity index (χ1) is 24.1. The lowest BCUT2D eigenvalue weighted by Crippen LogP contribution is -2.57. The standard InChI is InChI=1S/C37H46N2O10S/c1-25(2)21-38(50(43,44)29-14-15-34-35(20-29)49-24-48-34)22-33(40)31(39(37(41)42)32-23-47-36-30(32)16-18-46-36)19-27-10-12-28(13-11-27)45-17-6-9-26-7-4-3-5-8-26/h3-5,7-8,10-15,20,25,30-33,36,40H,6,9,16-19,21-24H2,1-2H3,(H,41,42)/t30-,31-,32-,33+,36+/m0/s1. The lowest BCUT2D eigenvalue weighted by molar-refractivity contribution is -0.0906. The Balaban J connectivity index is 1.22. The lowest BCUT2D eigenvalue weighted by Gasteiger charge is -2.39. The summed E-state index contributed by atoms with van der Waals surface area (Å²) in [6.45, 7) is 4.66. The minimum absolute atomic E-state index is 0.000898. The van der Waals surface area contributed by atoms with Gasteiger partial charge in [-0.2, -0.15) is 4.31 Å². The number of fused-ring (bicyclic) bond motifs is 2. The summed E-state index contributed by atoms with van der Waals surface area (Å²) in [5, 5.41) is 22.6. The quantitative estimate of drug-likeness (QED) is 0.199. The third-order valence-corrected chi connectivity index (χ3v) is 11.2. The number of hydrogen-bond donors (Lipinski definition) is 2. The van der Waals surface area contributed by atoms with Crippen molar-refractivity contribution in [3.8, 4) is 17.2 Å². The Morgan fingerprint density at radius 2 is 1.72 bits per heavy atom. The smallest absolute Gasteiger partial charge is 0.407 e. The molecule has 50 heavy (non-hydrogen) atoms. The third-order valence-electron chi connectivity index (χ3n) is 9.42. The highest BCUT2D eigenvalue weighted by atomic mass is 32.2. The summed E-state index contributed by atoms with van der Waals surface area (Å²) in [4.78, 5) is 14.3. The van der Waals surface area contributed by atoms with Gasteiger partial charge in [0.05, 0.1) is 42.9 Å². The van der Waals surface area contributed by atoms with Gasteiger partial charge in [-0.1, -0.05) is 56.3 Å². The molecule has 0 bridgehead atoms. The predicted octanol–water partition coefficient (Wildman–Crippen LogP) is 4.79. The van der Waals surface area contributed by atoms with Crippen molar-refractivity contribution in [2.75, 3.05) is 39.7 Å². The second-order valence-electron chi connectivity index (χ2n) is 13.4. The van der Waals surface area contributed by atoms with Crippen molar-refractivity contribution in [1.82, 2.24) is 9.21 Å². The molecule has 3 heterocycles. The Morgan fingerprint density at radius 3 is 2.46 bits per heavy atom. The summed E-state index contributed by atoms with van der Waals surface area (Å²) in [7, 11) is -4.12. The normalized spacial score (nSPS) is 20.9. The largest absolute Gasteiger partial charge is 0.494 e.